The van der Waals surface area contributed by atoms with Crippen molar-refractivity contribution >= 4 is 16.9 Å². The number of hydrogen-bond acceptors (Lipinski definition) is 3. The zero-order valence-corrected chi connectivity index (χ0v) is 6.52. The molecule has 1 heterocycles. The number of aromatic hydroxyl groups is 1. The molecule has 0 aliphatic rings. The number of aromatic carboxylic acids is 1. The van der Waals surface area contributed by atoms with Crippen LogP contribution in [0.1, 0.15) is 10.4 Å². The van der Waals surface area contributed by atoms with Gasteiger partial charge in [-0.15, -0.1) is 0 Å². The van der Waals surface area contributed by atoms with Gasteiger partial charge >= 0.3 is 5.97 Å². The van der Waals surface area contributed by atoms with Crippen LogP contribution in [0.3, 0.4) is 0 Å². The molecule has 0 aliphatic heterocycles. The van der Waals surface area contributed by atoms with Crippen LogP contribution in [0, 0.1) is 0 Å². The number of hydrogen-bond donors (Lipinski definition) is 2. The molecule has 0 fully saturated rings. The lowest BCUT2D eigenvalue weighted by molar-refractivity contribution is 0.0697. The minimum absolute atomic E-state index is 0.174. The third kappa shape index (κ3) is 1.22. The summed E-state index contributed by atoms with van der Waals surface area (Å²) in [5.41, 5.74) is 0.649. The maximum Gasteiger partial charge on any atom is 0.335 e. The molecular weight excluding hydrogens is 172 g/mol. The van der Waals surface area contributed by atoms with Gasteiger partial charge < -0.3 is 14.6 Å². The van der Waals surface area contributed by atoms with E-state index in [1.54, 1.807) is 0 Å². The van der Waals surface area contributed by atoms with E-state index < -0.39 is 5.97 Å². The molecule has 0 aliphatic carbocycles. The Morgan fingerprint density at radius 3 is 2.77 bits per heavy atom. The molecule has 2 aromatic rings. The van der Waals surface area contributed by atoms with E-state index in [4.69, 9.17) is 14.6 Å². The van der Waals surface area contributed by atoms with Crippen LogP contribution < -0.4 is 0 Å². The molecule has 0 unspecified atom stereocenters. The molecule has 0 spiro atoms. The van der Waals surface area contributed by atoms with Gasteiger partial charge in [-0.3, -0.25) is 0 Å². The monoisotopic (exact) mass is 178 g/mol. The van der Waals surface area contributed by atoms with Crippen LogP contribution in [0.25, 0.3) is 11.0 Å². The van der Waals surface area contributed by atoms with Crippen molar-refractivity contribution in [2.24, 2.45) is 0 Å². The molecule has 0 atom stereocenters. The van der Waals surface area contributed by atoms with E-state index >= 15 is 0 Å². The van der Waals surface area contributed by atoms with Crippen molar-refractivity contribution in [1.29, 1.82) is 0 Å². The summed E-state index contributed by atoms with van der Waals surface area (Å²) >= 11 is 0. The zero-order chi connectivity index (χ0) is 9.42. The topological polar surface area (TPSA) is 70.7 Å². The summed E-state index contributed by atoms with van der Waals surface area (Å²) in [6.45, 7) is 0. The van der Waals surface area contributed by atoms with Gasteiger partial charge in [0.15, 0.2) is 0 Å². The van der Waals surface area contributed by atoms with Crippen LogP contribution in [-0.2, 0) is 0 Å². The van der Waals surface area contributed by atoms with Crippen LogP contribution in [0.2, 0.25) is 0 Å². The quantitative estimate of drug-likeness (QED) is 0.698. The molecule has 0 radical (unpaired) electrons. The molecule has 66 valence electrons. The molecule has 13 heavy (non-hydrogen) atoms. The van der Waals surface area contributed by atoms with Gasteiger partial charge in [-0.05, 0) is 18.2 Å². The molecule has 1 aromatic carbocycles. The molecule has 1 aromatic heterocycles. The Labute approximate surface area is 73.0 Å². The van der Waals surface area contributed by atoms with E-state index in [1.165, 1.54) is 24.3 Å². The SMILES string of the molecule is O=C(O)c1ccc2oc(O)cc2c1. The predicted octanol–water partition coefficient (Wildman–Crippen LogP) is 1.84. The highest BCUT2D eigenvalue weighted by Gasteiger charge is 2.06. The summed E-state index contributed by atoms with van der Waals surface area (Å²) in [6.07, 6.45) is 0. The number of carbonyl (C=O) groups is 1. The van der Waals surface area contributed by atoms with Crippen LogP contribution in [-0.4, -0.2) is 16.2 Å². The zero-order valence-electron chi connectivity index (χ0n) is 6.52. The maximum atomic E-state index is 10.6. The highest BCUT2D eigenvalue weighted by Crippen LogP contribution is 2.24. The second kappa shape index (κ2) is 2.52. The molecule has 2 rings (SSSR count). The number of furan rings is 1. The van der Waals surface area contributed by atoms with Gasteiger partial charge in [0.2, 0.25) is 0 Å². The third-order valence-electron chi connectivity index (χ3n) is 1.75. The molecule has 0 amide bonds. The number of benzene rings is 1. The van der Waals surface area contributed by atoms with E-state index in [1.807, 2.05) is 0 Å². The normalized spacial score (nSPS) is 10.5. The van der Waals surface area contributed by atoms with E-state index in [0.717, 1.165) is 0 Å². The van der Waals surface area contributed by atoms with Crippen molar-refractivity contribution in [2.75, 3.05) is 0 Å². The number of rotatable bonds is 1. The summed E-state index contributed by atoms with van der Waals surface area (Å²) in [5, 5.41) is 18.2. The van der Waals surface area contributed by atoms with Crippen molar-refractivity contribution in [3.05, 3.63) is 29.8 Å². The maximum absolute atomic E-state index is 10.6. The summed E-state index contributed by atoms with van der Waals surface area (Å²) in [5.74, 6) is -1.21. The molecule has 0 saturated heterocycles. The van der Waals surface area contributed by atoms with Crippen LogP contribution in [0.5, 0.6) is 5.95 Å². The fourth-order valence-corrected chi connectivity index (χ4v) is 1.16. The van der Waals surface area contributed by atoms with Crippen LogP contribution >= 0.6 is 0 Å². The summed E-state index contributed by atoms with van der Waals surface area (Å²) in [7, 11) is 0. The fourth-order valence-electron chi connectivity index (χ4n) is 1.16. The van der Waals surface area contributed by atoms with E-state index in [9.17, 15) is 4.79 Å². The van der Waals surface area contributed by atoms with Crippen molar-refractivity contribution in [1.82, 2.24) is 0 Å². The Kier molecular flexibility index (Phi) is 1.48. The summed E-state index contributed by atoms with van der Waals surface area (Å²) < 4.78 is 4.87. The molecular formula is C9H6O4. The van der Waals surface area contributed by atoms with E-state index in [0.29, 0.717) is 11.0 Å². The van der Waals surface area contributed by atoms with Crippen molar-refractivity contribution < 1.29 is 19.4 Å². The first-order chi connectivity index (χ1) is 6.16. The number of carboxylic acid groups (broad SMARTS) is 1. The van der Waals surface area contributed by atoms with Crippen LogP contribution in [0.4, 0.5) is 0 Å². The average Bonchev–Trinajstić information content (AvgIpc) is 2.42. The van der Waals surface area contributed by atoms with Gasteiger partial charge in [-0.1, -0.05) is 0 Å². The Morgan fingerprint density at radius 1 is 1.31 bits per heavy atom. The summed E-state index contributed by atoms with van der Waals surface area (Å²) in [4.78, 5) is 10.6. The Morgan fingerprint density at radius 2 is 2.08 bits per heavy atom. The fraction of sp³-hybridized carbons (Fsp3) is 0. The first kappa shape index (κ1) is 7.67. The van der Waals surface area contributed by atoms with Crippen molar-refractivity contribution in [3.8, 4) is 5.95 Å². The molecule has 4 heteroatoms. The summed E-state index contributed by atoms with van der Waals surface area (Å²) in [6, 6.07) is 5.76. The second-order valence-corrected chi connectivity index (χ2v) is 2.64. The highest BCUT2D eigenvalue weighted by atomic mass is 16.5. The lowest BCUT2D eigenvalue weighted by Crippen LogP contribution is -1.94. The van der Waals surface area contributed by atoms with E-state index in [2.05, 4.69) is 0 Å². The highest BCUT2D eigenvalue weighted by molar-refractivity contribution is 5.93. The van der Waals surface area contributed by atoms with Crippen molar-refractivity contribution in [2.45, 2.75) is 0 Å². The Hall–Kier alpha value is -1.97. The van der Waals surface area contributed by atoms with E-state index in [-0.39, 0.29) is 11.5 Å². The largest absolute Gasteiger partial charge is 0.481 e. The minimum Gasteiger partial charge on any atom is -0.481 e. The average molecular weight is 178 g/mol. The van der Waals surface area contributed by atoms with Gasteiger partial charge in [0.25, 0.3) is 5.95 Å². The number of carboxylic acids is 1. The first-order valence-electron chi connectivity index (χ1n) is 3.62. The predicted molar refractivity (Wildman–Crippen MR) is 44.8 cm³/mol. The van der Waals surface area contributed by atoms with Gasteiger partial charge in [-0.25, -0.2) is 4.79 Å². The van der Waals surface area contributed by atoms with Gasteiger partial charge in [0, 0.05) is 11.5 Å². The Bertz CT molecular complexity index is 469. The molecule has 0 saturated carbocycles. The lowest BCUT2D eigenvalue weighted by Gasteiger charge is -1.91. The van der Waals surface area contributed by atoms with Gasteiger partial charge in [-0.2, -0.15) is 0 Å². The molecule has 2 N–H and O–H groups in total. The molecule has 0 bridgehead atoms. The van der Waals surface area contributed by atoms with Gasteiger partial charge in [0.05, 0.1) is 5.56 Å². The third-order valence-corrected chi connectivity index (χ3v) is 1.75. The van der Waals surface area contributed by atoms with Crippen LogP contribution in [0.15, 0.2) is 28.7 Å². The minimum atomic E-state index is -0.998. The smallest absolute Gasteiger partial charge is 0.335 e. The number of fused-ring (bicyclic) bond motifs is 1. The first-order valence-corrected chi connectivity index (χ1v) is 3.62. The van der Waals surface area contributed by atoms with Crippen molar-refractivity contribution in [3.63, 3.8) is 0 Å². The van der Waals surface area contributed by atoms with Gasteiger partial charge in [0.1, 0.15) is 5.58 Å². The molecule has 4 nitrogen and oxygen atoms in total. The second-order valence-electron chi connectivity index (χ2n) is 2.64. The standard InChI is InChI=1S/C9H6O4/c10-8-4-6-3-5(9(11)12)1-2-7(6)13-8/h1-4,10H,(H,11,12). The lowest BCUT2D eigenvalue weighted by atomic mass is 10.2. The Balaban J connectivity index is 2.67.